The van der Waals surface area contributed by atoms with Crippen molar-refractivity contribution in [2.45, 2.75) is 27.2 Å². The molecule has 0 saturated carbocycles. The SMILES string of the molecule is C=CCC(C=C(C)C)=CC. The Morgan fingerprint density at radius 1 is 1.40 bits per heavy atom. The van der Waals surface area contributed by atoms with Crippen LogP contribution < -0.4 is 0 Å². The van der Waals surface area contributed by atoms with Gasteiger partial charge < -0.3 is 0 Å². The summed E-state index contributed by atoms with van der Waals surface area (Å²) in [5.74, 6) is 0. The minimum absolute atomic E-state index is 0.974. The highest BCUT2D eigenvalue weighted by Gasteiger charge is 1.85. The number of allylic oxidation sites excluding steroid dienone is 5. The lowest BCUT2D eigenvalue weighted by Crippen LogP contribution is -1.75. The van der Waals surface area contributed by atoms with E-state index in [9.17, 15) is 0 Å². The van der Waals surface area contributed by atoms with Crippen molar-refractivity contribution < 1.29 is 0 Å². The van der Waals surface area contributed by atoms with Crippen LogP contribution in [-0.4, -0.2) is 0 Å². The molecule has 0 saturated heterocycles. The molecule has 0 bridgehead atoms. The van der Waals surface area contributed by atoms with Crippen LogP contribution in [-0.2, 0) is 0 Å². The van der Waals surface area contributed by atoms with Crippen molar-refractivity contribution in [1.29, 1.82) is 0 Å². The molecule has 0 aliphatic carbocycles. The zero-order valence-corrected chi connectivity index (χ0v) is 7.15. The van der Waals surface area contributed by atoms with Crippen molar-refractivity contribution in [2.24, 2.45) is 0 Å². The van der Waals surface area contributed by atoms with Crippen LogP contribution in [0.2, 0.25) is 0 Å². The van der Waals surface area contributed by atoms with Gasteiger partial charge in [-0.2, -0.15) is 0 Å². The van der Waals surface area contributed by atoms with Crippen molar-refractivity contribution in [3.05, 3.63) is 36.0 Å². The van der Waals surface area contributed by atoms with Crippen LogP contribution in [0.3, 0.4) is 0 Å². The molecule has 0 aliphatic heterocycles. The first-order chi connectivity index (χ1) is 4.70. The summed E-state index contributed by atoms with van der Waals surface area (Å²) in [6.45, 7) is 9.95. The second-order valence-electron chi connectivity index (χ2n) is 2.58. The third kappa shape index (κ3) is 4.13. The molecule has 0 spiro atoms. The second-order valence-corrected chi connectivity index (χ2v) is 2.58. The van der Waals surface area contributed by atoms with Crippen LogP contribution in [0, 0.1) is 0 Å². The van der Waals surface area contributed by atoms with Gasteiger partial charge >= 0.3 is 0 Å². The summed E-state index contributed by atoms with van der Waals surface area (Å²) in [4.78, 5) is 0. The number of hydrogen-bond donors (Lipinski definition) is 0. The molecule has 0 atom stereocenters. The molecule has 10 heavy (non-hydrogen) atoms. The Hall–Kier alpha value is -0.780. The first kappa shape index (κ1) is 9.22. The van der Waals surface area contributed by atoms with Crippen LogP contribution in [0.15, 0.2) is 36.0 Å². The van der Waals surface area contributed by atoms with Crippen molar-refractivity contribution >= 4 is 0 Å². The largest absolute Gasteiger partial charge is 0.103 e. The van der Waals surface area contributed by atoms with Gasteiger partial charge in [-0.25, -0.2) is 0 Å². The molecular weight excluding hydrogens is 120 g/mol. The molecule has 0 aromatic carbocycles. The lowest BCUT2D eigenvalue weighted by molar-refractivity contribution is 1.24. The smallest absolute Gasteiger partial charge is 0.0103 e. The fourth-order valence-corrected chi connectivity index (χ4v) is 0.798. The van der Waals surface area contributed by atoms with Gasteiger partial charge in [0.15, 0.2) is 0 Å². The Bertz CT molecular complexity index is 155. The average molecular weight is 136 g/mol. The summed E-state index contributed by atoms with van der Waals surface area (Å²) in [6, 6.07) is 0. The standard InChI is InChI=1S/C10H16/c1-5-7-10(6-2)8-9(3)4/h5-6,8H,1,7H2,2-4H3. The van der Waals surface area contributed by atoms with E-state index in [0.29, 0.717) is 0 Å². The summed E-state index contributed by atoms with van der Waals surface area (Å²) < 4.78 is 0. The zero-order valence-electron chi connectivity index (χ0n) is 7.15. The molecule has 0 N–H and O–H groups in total. The van der Waals surface area contributed by atoms with Gasteiger partial charge in [0.05, 0.1) is 0 Å². The van der Waals surface area contributed by atoms with E-state index >= 15 is 0 Å². The molecule has 0 aromatic heterocycles. The van der Waals surface area contributed by atoms with Crippen LogP contribution in [0.25, 0.3) is 0 Å². The van der Waals surface area contributed by atoms with E-state index in [-0.39, 0.29) is 0 Å². The van der Waals surface area contributed by atoms with E-state index in [1.54, 1.807) is 0 Å². The maximum absolute atomic E-state index is 3.69. The third-order valence-electron chi connectivity index (χ3n) is 1.22. The van der Waals surface area contributed by atoms with Crippen LogP contribution in [0.5, 0.6) is 0 Å². The van der Waals surface area contributed by atoms with E-state index in [1.165, 1.54) is 11.1 Å². The lowest BCUT2D eigenvalue weighted by Gasteiger charge is -1.95. The van der Waals surface area contributed by atoms with Gasteiger partial charge in [0.2, 0.25) is 0 Å². The van der Waals surface area contributed by atoms with Gasteiger partial charge in [0.25, 0.3) is 0 Å². The minimum atomic E-state index is 0.974. The fraction of sp³-hybridized carbons (Fsp3) is 0.400. The predicted molar refractivity (Wildman–Crippen MR) is 48.0 cm³/mol. The number of hydrogen-bond acceptors (Lipinski definition) is 0. The highest BCUT2D eigenvalue weighted by atomic mass is 13.9. The Kier molecular flexibility index (Phi) is 4.65. The minimum Gasteiger partial charge on any atom is -0.103 e. The summed E-state index contributed by atoms with van der Waals surface area (Å²) in [6.07, 6.45) is 7.20. The molecule has 0 heteroatoms. The van der Waals surface area contributed by atoms with E-state index in [2.05, 4.69) is 39.5 Å². The van der Waals surface area contributed by atoms with E-state index in [1.807, 2.05) is 6.08 Å². The van der Waals surface area contributed by atoms with Gasteiger partial charge in [0, 0.05) is 0 Å². The summed E-state index contributed by atoms with van der Waals surface area (Å²) in [7, 11) is 0. The summed E-state index contributed by atoms with van der Waals surface area (Å²) in [5, 5.41) is 0. The molecule has 0 fully saturated rings. The van der Waals surface area contributed by atoms with Crippen molar-refractivity contribution in [3.63, 3.8) is 0 Å². The van der Waals surface area contributed by atoms with Crippen molar-refractivity contribution in [1.82, 2.24) is 0 Å². The Morgan fingerprint density at radius 3 is 2.30 bits per heavy atom. The molecule has 0 aromatic rings. The Balaban J connectivity index is 4.10. The van der Waals surface area contributed by atoms with Crippen molar-refractivity contribution in [3.8, 4) is 0 Å². The van der Waals surface area contributed by atoms with E-state index in [4.69, 9.17) is 0 Å². The van der Waals surface area contributed by atoms with E-state index < -0.39 is 0 Å². The predicted octanol–water partition coefficient (Wildman–Crippen LogP) is 3.48. The highest BCUT2D eigenvalue weighted by Crippen LogP contribution is 2.06. The third-order valence-corrected chi connectivity index (χ3v) is 1.22. The van der Waals surface area contributed by atoms with Crippen LogP contribution in [0.1, 0.15) is 27.2 Å². The van der Waals surface area contributed by atoms with Gasteiger partial charge in [-0.3, -0.25) is 0 Å². The first-order valence-corrected chi connectivity index (χ1v) is 3.61. The van der Waals surface area contributed by atoms with Gasteiger partial charge in [-0.1, -0.05) is 23.8 Å². The maximum atomic E-state index is 3.69. The first-order valence-electron chi connectivity index (χ1n) is 3.61. The Morgan fingerprint density at radius 2 is 2.00 bits per heavy atom. The fourth-order valence-electron chi connectivity index (χ4n) is 0.798. The lowest BCUT2D eigenvalue weighted by atomic mass is 10.1. The molecule has 0 radical (unpaired) electrons. The monoisotopic (exact) mass is 136 g/mol. The second kappa shape index (κ2) is 5.04. The summed E-state index contributed by atoms with van der Waals surface area (Å²) in [5.41, 5.74) is 2.69. The normalized spacial score (nSPS) is 10.9. The van der Waals surface area contributed by atoms with Crippen molar-refractivity contribution in [2.75, 3.05) is 0 Å². The maximum Gasteiger partial charge on any atom is -0.0103 e. The molecule has 0 unspecified atom stereocenters. The molecule has 0 amide bonds. The van der Waals surface area contributed by atoms with Crippen LogP contribution >= 0.6 is 0 Å². The number of rotatable bonds is 3. The highest BCUT2D eigenvalue weighted by molar-refractivity contribution is 5.23. The average Bonchev–Trinajstić information content (AvgIpc) is 1.86. The Labute approximate surface area is 64.0 Å². The van der Waals surface area contributed by atoms with E-state index in [0.717, 1.165) is 6.42 Å². The van der Waals surface area contributed by atoms with Crippen LogP contribution in [0.4, 0.5) is 0 Å². The molecule has 0 aliphatic rings. The van der Waals surface area contributed by atoms with Gasteiger partial charge in [-0.15, -0.1) is 6.58 Å². The molecular formula is C10H16. The van der Waals surface area contributed by atoms with Gasteiger partial charge in [0.1, 0.15) is 0 Å². The molecule has 0 nitrogen and oxygen atoms in total. The summed E-state index contributed by atoms with van der Waals surface area (Å²) >= 11 is 0. The van der Waals surface area contributed by atoms with Gasteiger partial charge in [-0.05, 0) is 32.8 Å². The topological polar surface area (TPSA) is 0 Å². The molecule has 0 rings (SSSR count). The molecule has 0 heterocycles. The molecule has 56 valence electrons. The zero-order chi connectivity index (χ0) is 7.98. The quantitative estimate of drug-likeness (QED) is 0.411.